The number of rotatable bonds is 8. The third-order valence-electron chi connectivity index (χ3n) is 4.76. The van der Waals surface area contributed by atoms with Crippen LogP contribution in [0.15, 0.2) is 36.5 Å². The van der Waals surface area contributed by atoms with Crippen LogP contribution in [-0.2, 0) is 0 Å². The zero-order chi connectivity index (χ0) is 20.7. The molecule has 1 aromatic carbocycles. The average Bonchev–Trinajstić information content (AvgIpc) is 3.52. The van der Waals surface area contributed by atoms with Crippen molar-refractivity contribution in [3.8, 4) is 16.9 Å². The summed E-state index contributed by atoms with van der Waals surface area (Å²) in [7, 11) is 0. The van der Waals surface area contributed by atoms with E-state index in [1.54, 1.807) is 6.07 Å². The van der Waals surface area contributed by atoms with E-state index in [9.17, 15) is 8.78 Å². The zero-order valence-corrected chi connectivity index (χ0v) is 17.7. The topological polar surface area (TPSA) is 22.1 Å². The van der Waals surface area contributed by atoms with E-state index in [2.05, 4.69) is 31.8 Å². The van der Waals surface area contributed by atoms with Crippen LogP contribution in [0.25, 0.3) is 11.1 Å². The SMILES string of the molecule is CC.CC(C)CC(C)COc1ccc(-c2ccnc(C(F)F)c2)cc1C1CC1. The summed E-state index contributed by atoms with van der Waals surface area (Å²) in [6, 6.07) is 9.31. The molecule has 0 bridgehead atoms. The molecule has 3 rings (SSSR count). The van der Waals surface area contributed by atoms with Crippen molar-refractivity contribution in [1.82, 2.24) is 4.98 Å². The van der Waals surface area contributed by atoms with E-state index >= 15 is 0 Å². The Labute approximate surface area is 168 Å². The average molecular weight is 390 g/mol. The summed E-state index contributed by atoms with van der Waals surface area (Å²) in [6.45, 7) is 11.4. The molecule has 0 radical (unpaired) electrons. The first-order chi connectivity index (χ1) is 13.4. The summed E-state index contributed by atoms with van der Waals surface area (Å²) < 4.78 is 32.0. The second kappa shape index (κ2) is 10.5. The minimum atomic E-state index is -2.55. The third-order valence-corrected chi connectivity index (χ3v) is 4.76. The van der Waals surface area contributed by atoms with Gasteiger partial charge in [0.25, 0.3) is 6.43 Å². The number of pyridine rings is 1. The molecule has 0 saturated heterocycles. The molecule has 1 saturated carbocycles. The van der Waals surface area contributed by atoms with Gasteiger partial charge in [-0.3, -0.25) is 4.98 Å². The zero-order valence-electron chi connectivity index (χ0n) is 17.7. The molecule has 1 aliphatic carbocycles. The first kappa shape index (κ1) is 22.3. The third kappa shape index (κ3) is 6.29. The number of ether oxygens (including phenoxy) is 1. The molecule has 1 unspecified atom stereocenters. The quantitative estimate of drug-likeness (QED) is 0.462. The van der Waals surface area contributed by atoms with Crippen molar-refractivity contribution in [2.45, 2.75) is 66.2 Å². The molecule has 2 nitrogen and oxygen atoms in total. The van der Waals surface area contributed by atoms with Gasteiger partial charge in [0.15, 0.2) is 0 Å². The monoisotopic (exact) mass is 389 g/mol. The van der Waals surface area contributed by atoms with Gasteiger partial charge >= 0.3 is 0 Å². The van der Waals surface area contributed by atoms with Crippen molar-refractivity contribution in [3.05, 3.63) is 47.8 Å². The molecule has 1 heterocycles. The Hall–Kier alpha value is -1.97. The number of hydrogen-bond donors (Lipinski definition) is 0. The van der Waals surface area contributed by atoms with Gasteiger partial charge in [-0.25, -0.2) is 8.78 Å². The van der Waals surface area contributed by atoms with Gasteiger partial charge in [0.1, 0.15) is 11.4 Å². The molecule has 0 N–H and O–H groups in total. The van der Waals surface area contributed by atoms with Crippen LogP contribution >= 0.6 is 0 Å². The molecular formula is C24H33F2NO. The van der Waals surface area contributed by atoms with Gasteiger partial charge in [-0.15, -0.1) is 0 Å². The van der Waals surface area contributed by atoms with Crippen LogP contribution in [0.5, 0.6) is 5.75 Å². The lowest BCUT2D eigenvalue weighted by Crippen LogP contribution is -2.11. The Bertz CT molecular complexity index is 741. The summed E-state index contributed by atoms with van der Waals surface area (Å²) in [5, 5.41) is 0. The van der Waals surface area contributed by atoms with Crippen molar-refractivity contribution in [3.63, 3.8) is 0 Å². The summed E-state index contributed by atoms with van der Waals surface area (Å²) in [6.07, 6.45) is 2.37. The smallest absolute Gasteiger partial charge is 0.280 e. The fourth-order valence-electron chi connectivity index (χ4n) is 3.42. The molecule has 0 amide bonds. The number of halogens is 2. The van der Waals surface area contributed by atoms with Gasteiger partial charge in [-0.2, -0.15) is 0 Å². The summed E-state index contributed by atoms with van der Waals surface area (Å²) in [4.78, 5) is 3.75. The van der Waals surface area contributed by atoms with Gasteiger partial charge in [-0.05, 0) is 78.0 Å². The summed E-state index contributed by atoms with van der Waals surface area (Å²) in [5.74, 6) is 2.64. The van der Waals surface area contributed by atoms with E-state index in [0.717, 1.165) is 23.3 Å². The van der Waals surface area contributed by atoms with Crippen LogP contribution in [0, 0.1) is 11.8 Å². The van der Waals surface area contributed by atoms with Crippen LogP contribution in [0.2, 0.25) is 0 Å². The lowest BCUT2D eigenvalue weighted by atomic mass is 9.99. The first-order valence-electron chi connectivity index (χ1n) is 10.4. The maximum atomic E-state index is 12.9. The van der Waals surface area contributed by atoms with Gasteiger partial charge in [0.05, 0.1) is 6.61 Å². The second-order valence-corrected chi connectivity index (χ2v) is 7.84. The molecule has 4 heteroatoms. The lowest BCUT2D eigenvalue weighted by molar-refractivity contribution is 0.146. The number of alkyl halides is 2. The Morgan fingerprint density at radius 3 is 2.32 bits per heavy atom. The Morgan fingerprint density at radius 1 is 1.04 bits per heavy atom. The Balaban J connectivity index is 0.00000136. The highest BCUT2D eigenvalue weighted by molar-refractivity contribution is 5.66. The number of hydrogen-bond acceptors (Lipinski definition) is 2. The van der Waals surface area contributed by atoms with E-state index in [0.29, 0.717) is 24.4 Å². The first-order valence-corrected chi connectivity index (χ1v) is 10.4. The molecule has 28 heavy (non-hydrogen) atoms. The van der Waals surface area contributed by atoms with Crippen LogP contribution in [0.3, 0.4) is 0 Å². The molecule has 1 aliphatic rings. The highest BCUT2D eigenvalue weighted by atomic mass is 19.3. The van der Waals surface area contributed by atoms with Crippen molar-refractivity contribution in [2.24, 2.45) is 11.8 Å². The minimum Gasteiger partial charge on any atom is -0.493 e. The molecule has 1 aromatic heterocycles. The molecule has 0 aliphatic heterocycles. The molecule has 0 spiro atoms. The van der Waals surface area contributed by atoms with E-state index < -0.39 is 6.43 Å². The van der Waals surface area contributed by atoms with Crippen molar-refractivity contribution < 1.29 is 13.5 Å². The van der Waals surface area contributed by atoms with Crippen LogP contribution in [0.1, 0.15) is 77.5 Å². The maximum absolute atomic E-state index is 12.9. The number of aromatic nitrogens is 1. The molecular weight excluding hydrogens is 356 g/mol. The van der Waals surface area contributed by atoms with Gasteiger partial charge in [-0.1, -0.05) is 40.7 Å². The van der Waals surface area contributed by atoms with Crippen molar-refractivity contribution >= 4 is 0 Å². The number of nitrogens with zero attached hydrogens (tertiary/aromatic N) is 1. The fourth-order valence-corrected chi connectivity index (χ4v) is 3.42. The van der Waals surface area contributed by atoms with Crippen molar-refractivity contribution in [2.75, 3.05) is 6.61 Å². The van der Waals surface area contributed by atoms with Crippen LogP contribution < -0.4 is 4.74 Å². The predicted molar refractivity (Wildman–Crippen MR) is 112 cm³/mol. The van der Waals surface area contributed by atoms with E-state index in [1.807, 2.05) is 26.0 Å². The van der Waals surface area contributed by atoms with Crippen LogP contribution in [-0.4, -0.2) is 11.6 Å². The van der Waals surface area contributed by atoms with E-state index in [1.165, 1.54) is 30.7 Å². The highest BCUT2D eigenvalue weighted by Gasteiger charge is 2.27. The molecule has 1 atom stereocenters. The lowest BCUT2D eigenvalue weighted by Gasteiger charge is -2.18. The van der Waals surface area contributed by atoms with Gasteiger partial charge in [0, 0.05) is 6.20 Å². The normalized spacial score (nSPS) is 14.6. The predicted octanol–water partition coefficient (Wildman–Crippen LogP) is 7.65. The summed E-state index contributed by atoms with van der Waals surface area (Å²) in [5.41, 5.74) is 2.74. The molecule has 1 fully saturated rings. The second-order valence-electron chi connectivity index (χ2n) is 7.84. The fraction of sp³-hybridized carbons (Fsp3) is 0.542. The van der Waals surface area contributed by atoms with Gasteiger partial charge in [0.2, 0.25) is 0 Å². The van der Waals surface area contributed by atoms with Gasteiger partial charge < -0.3 is 4.74 Å². The summed E-state index contributed by atoms with van der Waals surface area (Å²) >= 11 is 0. The maximum Gasteiger partial charge on any atom is 0.280 e. The Kier molecular flexibility index (Phi) is 8.40. The Morgan fingerprint density at radius 2 is 1.71 bits per heavy atom. The highest BCUT2D eigenvalue weighted by Crippen LogP contribution is 2.45. The van der Waals surface area contributed by atoms with E-state index in [-0.39, 0.29) is 5.69 Å². The molecule has 154 valence electrons. The minimum absolute atomic E-state index is 0.182. The largest absolute Gasteiger partial charge is 0.493 e. The van der Waals surface area contributed by atoms with Crippen LogP contribution in [0.4, 0.5) is 8.78 Å². The molecule has 2 aromatic rings. The van der Waals surface area contributed by atoms with E-state index in [4.69, 9.17) is 4.74 Å². The number of benzene rings is 1. The standard InChI is InChI=1S/C22H27F2NO.C2H6/c1-14(2)10-15(3)13-26-21-7-6-17(11-19(21)16-4-5-16)18-8-9-25-20(12-18)22(23)24;1-2/h6-9,11-12,14-16,22H,4-5,10,13H2,1-3H3;1-2H3. The van der Waals surface area contributed by atoms with Crippen molar-refractivity contribution in [1.29, 1.82) is 0 Å².